The predicted molar refractivity (Wildman–Crippen MR) is 43.6 cm³/mol. The molecule has 0 rings (SSSR count). The van der Waals surface area contributed by atoms with Gasteiger partial charge < -0.3 is 15.3 Å². The minimum absolute atomic E-state index is 0.238. The van der Waals surface area contributed by atoms with E-state index in [1.807, 2.05) is 0 Å². The molecule has 0 spiro atoms. The third kappa shape index (κ3) is 5.17. The second-order valence-corrected chi connectivity index (χ2v) is 2.67. The molecule has 0 aromatic carbocycles. The third-order valence-corrected chi connectivity index (χ3v) is 1.63. The lowest BCUT2D eigenvalue weighted by atomic mass is 10.1. The maximum atomic E-state index is 9.64. The lowest BCUT2D eigenvalue weighted by molar-refractivity contribution is -0.0184. The summed E-state index contributed by atoms with van der Waals surface area (Å²) in [5, 5.41) is 29.1. The van der Waals surface area contributed by atoms with Gasteiger partial charge in [0.1, 0.15) is 6.10 Å². The highest BCUT2D eigenvalue weighted by Gasteiger charge is 2.13. The van der Waals surface area contributed by atoms with Crippen LogP contribution in [0.2, 0.25) is 0 Å². The predicted octanol–water partition coefficient (Wildman–Crippen LogP) is -0.363. The maximum absolute atomic E-state index is 9.64. The fraction of sp³-hybridized carbons (Fsp3) is 1.00. The first-order valence-electron chi connectivity index (χ1n) is 3.98. The van der Waals surface area contributed by atoms with Gasteiger partial charge >= 0.3 is 0 Å². The maximum Gasteiger partial charge on any atom is 0.103 e. The molecule has 0 amide bonds. The summed E-state index contributed by atoms with van der Waals surface area (Å²) in [5.74, 6) is 0. The zero-order valence-electron chi connectivity index (χ0n) is 6.89. The van der Waals surface area contributed by atoms with Gasteiger partial charge in [-0.05, 0) is 19.3 Å². The molecule has 0 heterocycles. The number of nitrogens with zero attached hydrogens (tertiary/aromatic N) is 1. The summed E-state index contributed by atoms with van der Waals surface area (Å²) in [6, 6.07) is 0. The zero-order chi connectivity index (χ0) is 9.40. The van der Waals surface area contributed by atoms with Gasteiger partial charge in [-0.1, -0.05) is 5.18 Å². The van der Waals surface area contributed by atoms with Crippen LogP contribution in [0.1, 0.15) is 19.3 Å². The first-order chi connectivity index (χ1) is 5.72. The van der Waals surface area contributed by atoms with E-state index in [4.69, 9.17) is 15.3 Å². The second kappa shape index (κ2) is 7.15. The average molecular weight is 177 g/mol. The van der Waals surface area contributed by atoms with Crippen LogP contribution in [0.3, 0.4) is 0 Å². The first kappa shape index (κ1) is 11.5. The summed E-state index contributed by atoms with van der Waals surface area (Å²) in [6.07, 6.45) is -0.351. The molecule has 3 N–H and O–H groups in total. The number of unbranched alkanes of at least 4 members (excludes halogenated alkanes) is 1. The molecule has 0 radical (unpaired) electrons. The Labute approximate surface area is 71.0 Å². The molecule has 0 aromatic heterocycles. The number of hydrogen-bond acceptors (Lipinski definition) is 5. The second-order valence-electron chi connectivity index (χ2n) is 2.67. The van der Waals surface area contributed by atoms with Crippen molar-refractivity contribution in [3.8, 4) is 0 Å². The van der Waals surface area contributed by atoms with E-state index in [9.17, 15) is 4.91 Å². The summed E-state index contributed by atoms with van der Waals surface area (Å²) in [5.41, 5.74) is 0. The normalized spacial score (nSPS) is 15.6. The van der Waals surface area contributed by atoms with Gasteiger partial charge in [-0.15, -0.1) is 0 Å². The summed E-state index contributed by atoms with van der Waals surface area (Å²) >= 11 is 0. The average Bonchev–Trinajstić information content (AvgIpc) is 2.10. The van der Waals surface area contributed by atoms with Crippen molar-refractivity contribution in [3.63, 3.8) is 0 Å². The fourth-order valence-electron chi connectivity index (χ4n) is 0.844. The lowest BCUT2D eigenvalue weighted by Crippen LogP contribution is -2.29. The fourth-order valence-corrected chi connectivity index (χ4v) is 0.844. The van der Waals surface area contributed by atoms with Crippen LogP contribution in [0.25, 0.3) is 0 Å². The molecular weight excluding hydrogens is 162 g/mol. The quantitative estimate of drug-likeness (QED) is 0.366. The number of hydrogen-bond donors (Lipinski definition) is 3. The molecule has 2 unspecified atom stereocenters. The lowest BCUT2D eigenvalue weighted by Gasteiger charge is -2.14. The molecule has 5 nitrogen and oxygen atoms in total. The molecule has 0 saturated heterocycles. The molecule has 5 heteroatoms. The Hall–Kier alpha value is -0.520. The number of nitroso groups, excluding NO2 is 1. The van der Waals surface area contributed by atoms with Crippen molar-refractivity contribution in [1.29, 1.82) is 0 Å². The molecule has 0 fully saturated rings. The van der Waals surface area contributed by atoms with Crippen molar-refractivity contribution in [2.45, 2.75) is 31.5 Å². The molecule has 12 heavy (non-hydrogen) atoms. The summed E-state index contributed by atoms with van der Waals surface area (Å²) in [4.78, 5) is 9.64. The van der Waals surface area contributed by atoms with Gasteiger partial charge in [0.15, 0.2) is 0 Å². The van der Waals surface area contributed by atoms with E-state index in [1.54, 1.807) is 0 Å². The smallest absolute Gasteiger partial charge is 0.103 e. The third-order valence-electron chi connectivity index (χ3n) is 1.63. The van der Waals surface area contributed by atoms with Crippen molar-refractivity contribution in [1.82, 2.24) is 0 Å². The van der Waals surface area contributed by atoms with Gasteiger partial charge in [0.25, 0.3) is 0 Å². The Morgan fingerprint density at radius 1 is 1.17 bits per heavy atom. The Bertz CT molecular complexity index is 120. The molecule has 0 aliphatic heterocycles. The Balaban J connectivity index is 3.30. The minimum Gasteiger partial charge on any atom is -0.394 e. The highest BCUT2D eigenvalue weighted by molar-refractivity contribution is 4.65. The van der Waals surface area contributed by atoms with E-state index in [0.717, 1.165) is 0 Å². The van der Waals surface area contributed by atoms with E-state index in [1.165, 1.54) is 0 Å². The Kier molecular flexibility index (Phi) is 6.84. The number of aliphatic hydroxyl groups is 3. The number of rotatable bonds is 7. The number of aliphatic hydroxyl groups excluding tert-OH is 3. The topological polar surface area (TPSA) is 90.1 Å². The van der Waals surface area contributed by atoms with E-state index < -0.39 is 18.8 Å². The van der Waals surface area contributed by atoms with Crippen molar-refractivity contribution < 1.29 is 15.3 Å². The van der Waals surface area contributed by atoms with Gasteiger partial charge in [0, 0.05) is 0 Å². The highest BCUT2D eigenvalue weighted by atomic mass is 16.4. The van der Waals surface area contributed by atoms with Gasteiger partial charge in [-0.3, -0.25) is 0 Å². The van der Waals surface area contributed by atoms with Crippen LogP contribution in [0.15, 0.2) is 5.18 Å². The summed E-state index contributed by atoms with van der Waals surface area (Å²) in [6.45, 7) is -0.199. The Morgan fingerprint density at radius 2 is 1.83 bits per heavy atom. The standard InChI is InChI=1S/C7H15NO4/c9-5-7(11)6(10)3-1-2-4-8-12/h6-7,9-11H,1-5H2. The summed E-state index contributed by atoms with van der Waals surface area (Å²) in [7, 11) is 0. The van der Waals surface area contributed by atoms with E-state index in [2.05, 4.69) is 5.18 Å². The van der Waals surface area contributed by atoms with Crippen LogP contribution in [0.5, 0.6) is 0 Å². The van der Waals surface area contributed by atoms with Crippen molar-refractivity contribution in [2.75, 3.05) is 13.2 Å². The highest BCUT2D eigenvalue weighted by Crippen LogP contribution is 2.04. The molecule has 0 saturated carbocycles. The van der Waals surface area contributed by atoms with E-state index in [-0.39, 0.29) is 6.54 Å². The van der Waals surface area contributed by atoms with Crippen molar-refractivity contribution >= 4 is 0 Å². The van der Waals surface area contributed by atoms with Crippen LogP contribution >= 0.6 is 0 Å². The molecule has 0 bridgehead atoms. The van der Waals surface area contributed by atoms with Gasteiger partial charge in [0.05, 0.1) is 19.3 Å². The van der Waals surface area contributed by atoms with Crippen LogP contribution in [0.4, 0.5) is 0 Å². The van der Waals surface area contributed by atoms with Gasteiger partial charge in [-0.2, -0.15) is 4.91 Å². The largest absolute Gasteiger partial charge is 0.394 e. The van der Waals surface area contributed by atoms with Crippen LogP contribution < -0.4 is 0 Å². The molecule has 0 aliphatic rings. The van der Waals surface area contributed by atoms with Crippen LogP contribution in [0, 0.1) is 4.91 Å². The van der Waals surface area contributed by atoms with Crippen molar-refractivity contribution in [3.05, 3.63) is 4.91 Å². The monoisotopic (exact) mass is 177 g/mol. The van der Waals surface area contributed by atoms with Crippen LogP contribution in [-0.2, 0) is 0 Å². The SMILES string of the molecule is O=NCCCCC(O)C(O)CO. The molecule has 0 aromatic rings. The van der Waals surface area contributed by atoms with E-state index in [0.29, 0.717) is 19.3 Å². The minimum atomic E-state index is -1.07. The Morgan fingerprint density at radius 3 is 2.33 bits per heavy atom. The van der Waals surface area contributed by atoms with Crippen molar-refractivity contribution in [2.24, 2.45) is 5.18 Å². The molecule has 0 aliphatic carbocycles. The molecule has 2 atom stereocenters. The molecule has 72 valence electrons. The van der Waals surface area contributed by atoms with Crippen LogP contribution in [-0.4, -0.2) is 40.7 Å². The zero-order valence-corrected chi connectivity index (χ0v) is 6.89. The summed E-state index contributed by atoms with van der Waals surface area (Å²) < 4.78 is 0. The van der Waals surface area contributed by atoms with E-state index >= 15 is 0 Å². The first-order valence-corrected chi connectivity index (χ1v) is 3.98. The molecular formula is C7H15NO4. The van der Waals surface area contributed by atoms with Gasteiger partial charge in [-0.25, -0.2) is 0 Å². The van der Waals surface area contributed by atoms with Gasteiger partial charge in [0.2, 0.25) is 0 Å².